The first-order valence-electron chi connectivity index (χ1n) is 35.5. The van der Waals surface area contributed by atoms with E-state index in [1.807, 2.05) is 159 Å². The molecule has 0 radical (unpaired) electrons. The standard InChI is InChI=1S/C11H19N3O2S.C10H21N3O2S.C10H18N2OS.C9H17NOS.C7H10ClN3O.C7H16O3.C5H8O.C4H11NOS.4C2H5.O.Ti/c1-10(2,3)17(15)14-11(4,8-5-6-8)9-12-7-16-13-9;1-9(2,3)16(15)13-10(4,7-5-6-7)8(11)12-14;1-9(2,3)14(13)12-10(4,7-11)8-5-6-8;1-7(8-5-6-8)10-12(11)9(2,3)4;1-7(11-8,5-2-3-5)6-9-4-12-10-6;1-4-8-7(9-5-2)10-6-3;1-4(6)5-2-3-5;1-4(2,3)7(5)6;4*1-2;;/h7-8,14H,5-6H2,1-4H3;7,13-14H,5-6H2,1-4H3,(H2,11,12);8,12H,5-6H2,1-4H3;8H,5-6H2,1-4H3;4-5,11H,2-3H2,1H3;7H,4-6H2,1-3H3;5H,2-3H2,1H3;5H2,1-3H3;4*1H2,2H3;;/q;;;;;;;;4*-1;;/t11?,17-;10?,16-;10?,14-;12-;;;;7-;;;;;;/m0000...0....../s1. The van der Waals surface area contributed by atoms with Gasteiger partial charge in [0.05, 0.1) is 90.4 Å². The van der Waals surface area contributed by atoms with Crippen LogP contribution in [0.5, 0.6) is 0 Å². The van der Waals surface area contributed by atoms with Crippen molar-refractivity contribution in [1.29, 1.82) is 5.26 Å². The van der Waals surface area contributed by atoms with Gasteiger partial charge in [0.25, 0.3) is 6.48 Å². The maximum absolute atomic E-state index is 12.2. The zero-order chi connectivity index (χ0) is 82.6. The summed E-state index contributed by atoms with van der Waals surface area (Å²) >= 11 is 6.41. The van der Waals surface area contributed by atoms with Gasteiger partial charge in [0.2, 0.25) is 12.8 Å². The van der Waals surface area contributed by atoms with Crippen LogP contribution in [-0.4, -0.2) is 125 Å². The number of nitrogens with two attached hydrogens (primary N) is 2. The Bertz CT molecular complexity index is 2810. The van der Waals surface area contributed by atoms with Crippen LogP contribution in [0.1, 0.15) is 283 Å². The van der Waals surface area contributed by atoms with Crippen LogP contribution < -0.4 is 29.9 Å². The van der Waals surface area contributed by atoms with Crippen molar-refractivity contribution in [2.24, 2.45) is 55.9 Å². The molecular formula is C71H140ClN13O13S5Ti-4. The van der Waals surface area contributed by atoms with E-state index in [1.54, 1.807) is 34.6 Å². The van der Waals surface area contributed by atoms with Crippen LogP contribution in [0.4, 0.5) is 0 Å². The summed E-state index contributed by atoms with van der Waals surface area (Å²) in [5.41, 5.74) is 4.69. The Morgan fingerprint density at radius 1 is 0.587 bits per heavy atom. The molecule has 0 bridgehead atoms. The van der Waals surface area contributed by atoms with Gasteiger partial charge in [0.1, 0.15) is 22.3 Å². The molecule has 6 fully saturated rings. The number of Topliss-reactive ketones (excluding diaryl/α,β-unsaturated/α-hetero) is 1. The third-order valence-electron chi connectivity index (χ3n) is 15.5. The normalized spacial score (nSPS) is 19.2. The Balaban J connectivity index is -0.000000358. The molecular weight excluding hydrogens is 1490 g/mol. The van der Waals surface area contributed by atoms with Crippen LogP contribution in [0.3, 0.4) is 0 Å². The Kier molecular flexibility index (Phi) is 57.5. The summed E-state index contributed by atoms with van der Waals surface area (Å²) in [5, 5.41) is 33.6. The van der Waals surface area contributed by atoms with Crippen molar-refractivity contribution in [3.05, 3.63) is 52.1 Å². The summed E-state index contributed by atoms with van der Waals surface area (Å²) in [4.78, 5) is 21.0. The molecule has 2 heterocycles. The third-order valence-corrected chi connectivity index (χ3v) is 23.7. The first kappa shape index (κ1) is 110. The fraction of sp³-hybridized carbons (Fsp3) is 0.831. The second-order valence-electron chi connectivity index (χ2n) is 29.9. The number of aromatic nitrogens is 4. The molecule has 33 heteroatoms. The van der Waals surface area contributed by atoms with Gasteiger partial charge in [-0.15, -0.1) is 0 Å². The quantitative estimate of drug-likeness (QED) is 0.00794. The molecule has 612 valence electrons. The van der Waals surface area contributed by atoms with Crippen molar-refractivity contribution in [3.63, 3.8) is 0 Å². The first-order chi connectivity index (χ1) is 48.1. The number of amidine groups is 1. The summed E-state index contributed by atoms with van der Waals surface area (Å²) in [6.45, 7) is 67.0. The minimum absolute atomic E-state index is 0.104. The molecule has 4 unspecified atom stereocenters. The SMILES string of the molecule is CC(=N[S@@](=O)C(C)(C)C)C1CC1.CC(=O)C1CC1.CC(C#N)(N[S@@](=O)C(C)(C)C)C1CC1.CC(C)(C)[S@@](N)=O.CC(NCl)(c1ncon1)C1CC1.CC(N[S@@](=O)C(C)(C)C)(/C(N)=N/O)C1CC1.CC(N[S@@](=O)C(C)(C)C)(c1ncon1)C1CC1.CCOC(OCC)OCC.[CH2-]C.[CH2-]C.[CH2-]C.[CH2-]C.[O]=[Ti]. The molecule has 104 heavy (non-hydrogen) atoms. The number of ether oxygens (including phenoxy) is 3. The summed E-state index contributed by atoms with van der Waals surface area (Å²) < 4.78 is 103. The molecule has 6 saturated carbocycles. The van der Waals surface area contributed by atoms with Crippen LogP contribution in [0.25, 0.3) is 0 Å². The van der Waals surface area contributed by atoms with E-state index in [9.17, 15) is 25.8 Å². The zero-order valence-electron chi connectivity index (χ0n) is 68.7. The molecule has 0 aliphatic heterocycles. The Morgan fingerprint density at radius 2 is 0.913 bits per heavy atom. The summed E-state index contributed by atoms with van der Waals surface area (Å²) in [7, 11) is -5.78. The van der Waals surface area contributed by atoms with Gasteiger partial charge in [-0.05, 0) is 285 Å². The van der Waals surface area contributed by atoms with Crippen LogP contribution in [0.2, 0.25) is 0 Å². The maximum atomic E-state index is 12.2. The van der Waals surface area contributed by atoms with Crippen LogP contribution in [-0.2, 0) is 109 Å². The molecule has 6 aliphatic rings. The predicted molar refractivity (Wildman–Crippen MR) is 425 cm³/mol. The minimum atomic E-state index is -1.23. The van der Waals surface area contributed by atoms with Crippen LogP contribution in [0, 0.1) is 74.5 Å². The number of oxime groups is 1. The molecule has 0 aromatic carbocycles. The van der Waals surface area contributed by atoms with Gasteiger partial charge in [-0.25, -0.2) is 40.0 Å². The topological polar surface area (TPSA) is 394 Å². The number of hydrogen-bond donors (Lipinski definition) is 7. The first-order valence-corrected chi connectivity index (χ1v) is 42.3. The number of nitrogens with one attached hydrogen (secondary N) is 4. The Morgan fingerprint density at radius 3 is 1.15 bits per heavy atom. The second-order valence-corrected chi connectivity index (χ2v) is 39.7. The Hall–Kier alpha value is -2.39. The number of carbonyl (C=O) groups excluding carboxylic acids is 1. The van der Waals surface area contributed by atoms with Gasteiger partial charge in [-0.1, -0.05) is 15.5 Å². The van der Waals surface area contributed by atoms with Gasteiger partial charge in [-0.2, -0.15) is 47.3 Å². The number of halogens is 1. The number of nitriles is 1. The van der Waals surface area contributed by atoms with E-state index in [1.165, 1.54) is 38.5 Å². The van der Waals surface area contributed by atoms with Crippen molar-refractivity contribution >= 4 is 84.0 Å². The summed E-state index contributed by atoms with van der Waals surface area (Å²) in [5.74, 6) is 4.45. The predicted octanol–water partition coefficient (Wildman–Crippen LogP) is 14.2. The molecule has 9 N–H and O–H groups in total. The third kappa shape index (κ3) is 45.7. The molecule has 2 aromatic rings. The van der Waals surface area contributed by atoms with E-state index in [0.29, 0.717) is 72.8 Å². The van der Waals surface area contributed by atoms with E-state index in [2.05, 4.69) is 87.1 Å². The fourth-order valence-corrected chi connectivity index (χ4v) is 11.4. The van der Waals surface area contributed by atoms with E-state index in [4.69, 9.17) is 55.2 Å². The molecule has 0 amide bonds. The Labute approximate surface area is 659 Å². The summed E-state index contributed by atoms with van der Waals surface area (Å²) in [6.07, 6.45) is 16.1. The molecule has 26 nitrogen and oxygen atoms in total. The molecule has 0 saturated heterocycles. The molecule has 9 atom stereocenters. The average Bonchev–Trinajstić information content (AvgIpc) is 1.66. The van der Waals surface area contributed by atoms with Crippen LogP contribution in [0.15, 0.2) is 31.4 Å². The van der Waals surface area contributed by atoms with Crippen molar-refractivity contribution < 1.29 is 78.0 Å². The van der Waals surface area contributed by atoms with E-state index in [-0.39, 0.29) is 35.1 Å². The van der Waals surface area contributed by atoms with Crippen molar-refractivity contribution in [1.82, 2.24) is 39.3 Å². The van der Waals surface area contributed by atoms with Crippen LogP contribution >= 0.6 is 11.8 Å². The zero-order valence-corrected chi connectivity index (χ0v) is 75.1. The number of ketones is 1. The van der Waals surface area contributed by atoms with Crippen molar-refractivity contribution in [2.75, 3.05) is 19.8 Å². The van der Waals surface area contributed by atoms with Crippen molar-refractivity contribution in [3.8, 4) is 6.07 Å². The number of rotatable bonds is 23. The second kappa shape index (κ2) is 54.3. The summed E-state index contributed by atoms with van der Waals surface area (Å²) in [6, 6.07) is 2.24. The van der Waals surface area contributed by atoms with Gasteiger partial charge in [0.15, 0.2) is 17.5 Å². The fourth-order valence-electron chi connectivity index (χ4n) is 7.62. The monoisotopic (exact) mass is 1630 g/mol. The van der Waals surface area contributed by atoms with Gasteiger partial charge < -0.3 is 61.9 Å². The molecule has 6 aliphatic carbocycles. The number of carbonyl (C=O) groups is 1. The molecule has 8 rings (SSSR count). The van der Waals surface area contributed by atoms with Crippen molar-refractivity contribution in [2.45, 2.75) is 323 Å². The number of nitrogens with zero attached hydrogens (tertiary/aromatic N) is 7. The molecule has 2 aromatic heterocycles. The molecule has 0 spiro atoms. The van der Waals surface area contributed by atoms with E-state index < -0.39 is 78.0 Å². The number of hydrogen-bond acceptors (Lipinski definition) is 20. The van der Waals surface area contributed by atoms with E-state index in [0.717, 1.165) is 77.5 Å². The van der Waals surface area contributed by atoms with Gasteiger partial charge >= 0.3 is 23.7 Å². The van der Waals surface area contributed by atoms with E-state index >= 15 is 0 Å². The van der Waals surface area contributed by atoms with Gasteiger partial charge in [-0.3, -0.25) is 9.93 Å². The average molecular weight is 1630 g/mol. The van der Waals surface area contributed by atoms with Gasteiger partial charge in [0, 0.05) is 31.5 Å².